The minimum absolute atomic E-state index is 0.0191. The minimum atomic E-state index is -0.153. The zero-order valence-corrected chi connectivity index (χ0v) is 22.1. The van der Waals surface area contributed by atoms with E-state index >= 15 is 0 Å². The molecule has 4 unspecified atom stereocenters. The predicted octanol–water partition coefficient (Wildman–Crippen LogP) is 7.14. The van der Waals surface area contributed by atoms with E-state index < -0.39 is 0 Å². The molecule has 0 aromatic carbocycles. The molecular weight excluding hydrogens is 392 g/mol. The van der Waals surface area contributed by atoms with Crippen molar-refractivity contribution in [2.45, 2.75) is 119 Å². The number of hydrogen-bond acceptors (Lipinski definition) is 2. The highest BCUT2D eigenvalue weighted by molar-refractivity contribution is 5.33. The van der Waals surface area contributed by atoms with Crippen LogP contribution in [0.15, 0.2) is 11.6 Å². The topological polar surface area (TPSA) is 40.5 Å². The van der Waals surface area contributed by atoms with Gasteiger partial charge < -0.3 is 10.2 Å². The van der Waals surface area contributed by atoms with E-state index in [-0.39, 0.29) is 22.3 Å². The summed E-state index contributed by atoms with van der Waals surface area (Å²) in [7, 11) is 0. The lowest BCUT2D eigenvalue weighted by atomic mass is 9.33. The fraction of sp³-hybridized carbons (Fsp3) is 0.933. The van der Waals surface area contributed by atoms with Crippen LogP contribution >= 0.6 is 0 Å². The van der Waals surface area contributed by atoms with Crippen LogP contribution in [0.1, 0.15) is 113 Å². The van der Waals surface area contributed by atoms with Gasteiger partial charge in [0.05, 0.1) is 6.10 Å². The Bertz CT molecular complexity index is 810. The zero-order valence-electron chi connectivity index (χ0n) is 22.1. The first-order valence-electron chi connectivity index (χ1n) is 13.8. The molecule has 4 saturated carbocycles. The second-order valence-electron chi connectivity index (χ2n) is 15.1. The number of rotatable bonds is 1. The highest BCUT2D eigenvalue weighted by Gasteiger charge is 2.68. The Labute approximate surface area is 197 Å². The van der Waals surface area contributed by atoms with E-state index in [1.807, 2.05) is 0 Å². The van der Waals surface area contributed by atoms with E-state index in [0.29, 0.717) is 40.6 Å². The largest absolute Gasteiger partial charge is 0.396 e. The molecule has 8 atom stereocenters. The summed E-state index contributed by atoms with van der Waals surface area (Å²) in [5.74, 6) is 1.87. The van der Waals surface area contributed by atoms with Crippen molar-refractivity contribution in [2.75, 3.05) is 6.61 Å². The summed E-state index contributed by atoms with van der Waals surface area (Å²) in [6.45, 7) is 17.8. The van der Waals surface area contributed by atoms with E-state index in [9.17, 15) is 10.2 Å². The van der Waals surface area contributed by atoms with Crippen LogP contribution in [0.25, 0.3) is 0 Å². The quantitative estimate of drug-likeness (QED) is 0.424. The van der Waals surface area contributed by atoms with Gasteiger partial charge in [0.25, 0.3) is 0 Å². The lowest BCUT2D eigenvalue weighted by Gasteiger charge is -2.71. The van der Waals surface area contributed by atoms with Crippen molar-refractivity contribution >= 4 is 0 Å². The van der Waals surface area contributed by atoms with Crippen LogP contribution in [-0.2, 0) is 0 Å². The number of aliphatic hydroxyl groups is 2. The summed E-state index contributed by atoms with van der Waals surface area (Å²) >= 11 is 0. The summed E-state index contributed by atoms with van der Waals surface area (Å²) < 4.78 is 0. The zero-order chi connectivity index (χ0) is 23.4. The molecule has 4 fully saturated rings. The third-order valence-corrected chi connectivity index (χ3v) is 13.1. The Hall–Kier alpha value is -0.340. The normalized spacial score (nSPS) is 53.8. The Morgan fingerprint density at radius 2 is 1.53 bits per heavy atom. The molecule has 0 aromatic rings. The molecule has 182 valence electrons. The maximum Gasteiger partial charge on any atom is 0.0594 e. The van der Waals surface area contributed by atoms with Crippen LogP contribution in [0.2, 0.25) is 0 Å². The molecule has 0 amide bonds. The first kappa shape index (κ1) is 23.4. The van der Waals surface area contributed by atoms with E-state index in [1.54, 1.807) is 5.57 Å². The molecular formula is C30H50O2. The fourth-order valence-electron chi connectivity index (χ4n) is 10.6. The SMILES string of the molecule is CC1(C)CCC2(CO)CC[C@@]3(C)C(=CCC4[C@@]5(C)CCC(O)C(C)(C)C5CC[C@]43C)[C@@H]2C1. The van der Waals surface area contributed by atoms with E-state index in [2.05, 4.69) is 54.5 Å². The number of aliphatic hydroxyl groups excluding tert-OH is 2. The summed E-state index contributed by atoms with van der Waals surface area (Å²) in [5.41, 5.74) is 3.16. The molecule has 0 bridgehead atoms. The van der Waals surface area contributed by atoms with Gasteiger partial charge in [0.1, 0.15) is 0 Å². The molecule has 0 radical (unpaired) electrons. The lowest BCUT2D eigenvalue weighted by Crippen LogP contribution is -2.64. The maximum absolute atomic E-state index is 10.9. The fourth-order valence-corrected chi connectivity index (χ4v) is 10.6. The van der Waals surface area contributed by atoms with Gasteiger partial charge >= 0.3 is 0 Å². The molecule has 5 rings (SSSR count). The smallest absolute Gasteiger partial charge is 0.0594 e. The second-order valence-corrected chi connectivity index (χ2v) is 15.1. The molecule has 2 nitrogen and oxygen atoms in total. The second kappa shape index (κ2) is 6.87. The first-order chi connectivity index (χ1) is 14.8. The average Bonchev–Trinajstić information content (AvgIpc) is 2.71. The van der Waals surface area contributed by atoms with Crippen molar-refractivity contribution in [2.24, 2.45) is 50.2 Å². The van der Waals surface area contributed by atoms with Gasteiger partial charge in [-0.3, -0.25) is 0 Å². The molecule has 2 heteroatoms. The standard InChI is InChI=1S/C30H50O2/c1-25(2)14-16-30(19-31)17-15-28(6)20(21(30)18-25)8-9-23-27(5)12-11-24(32)26(3,4)22(27)10-13-29(23,28)7/h8,21-24,31-32H,9-19H2,1-7H3/t21-,22?,23?,24?,27-,28-,29+,30?/m0/s1. The average molecular weight is 443 g/mol. The van der Waals surface area contributed by atoms with Gasteiger partial charge in [-0.25, -0.2) is 0 Å². The van der Waals surface area contributed by atoms with Crippen LogP contribution in [0.3, 0.4) is 0 Å². The predicted molar refractivity (Wildman–Crippen MR) is 132 cm³/mol. The number of fused-ring (bicyclic) bond motifs is 7. The summed E-state index contributed by atoms with van der Waals surface area (Å²) in [5, 5.41) is 21.5. The van der Waals surface area contributed by atoms with Crippen molar-refractivity contribution < 1.29 is 10.2 Å². The van der Waals surface area contributed by atoms with E-state index in [0.717, 1.165) is 6.42 Å². The van der Waals surface area contributed by atoms with Crippen molar-refractivity contribution in [3.8, 4) is 0 Å². The van der Waals surface area contributed by atoms with Gasteiger partial charge in [-0.2, -0.15) is 0 Å². The van der Waals surface area contributed by atoms with Crippen LogP contribution in [0.4, 0.5) is 0 Å². The van der Waals surface area contributed by atoms with Gasteiger partial charge in [0.2, 0.25) is 0 Å². The summed E-state index contributed by atoms with van der Waals surface area (Å²) in [6.07, 6.45) is 14.6. The van der Waals surface area contributed by atoms with Crippen LogP contribution < -0.4 is 0 Å². The van der Waals surface area contributed by atoms with Gasteiger partial charge in [-0.15, -0.1) is 0 Å². The minimum Gasteiger partial charge on any atom is -0.396 e. The van der Waals surface area contributed by atoms with Crippen LogP contribution in [-0.4, -0.2) is 22.9 Å². The molecule has 2 N–H and O–H groups in total. The molecule has 0 aromatic heterocycles. The summed E-state index contributed by atoms with van der Waals surface area (Å²) in [4.78, 5) is 0. The Morgan fingerprint density at radius 3 is 2.22 bits per heavy atom. The summed E-state index contributed by atoms with van der Waals surface area (Å²) in [6, 6.07) is 0. The van der Waals surface area contributed by atoms with Crippen molar-refractivity contribution in [1.82, 2.24) is 0 Å². The van der Waals surface area contributed by atoms with Crippen molar-refractivity contribution in [1.29, 1.82) is 0 Å². The molecule has 0 aliphatic heterocycles. The lowest BCUT2D eigenvalue weighted by molar-refractivity contribution is -0.204. The number of allylic oxidation sites excluding steroid dienone is 2. The van der Waals surface area contributed by atoms with Crippen molar-refractivity contribution in [3.05, 3.63) is 11.6 Å². The Morgan fingerprint density at radius 1 is 0.844 bits per heavy atom. The molecule has 5 aliphatic rings. The van der Waals surface area contributed by atoms with Gasteiger partial charge in [-0.1, -0.05) is 60.1 Å². The Balaban J connectivity index is 1.58. The van der Waals surface area contributed by atoms with E-state index in [1.165, 1.54) is 57.8 Å². The molecule has 0 heterocycles. The molecule has 0 saturated heterocycles. The van der Waals surface area contributed by atoms with Crippen LogP contribution in [0, 0.1) is 50.2 Å². The van der Waals surface area contributed by atoms with Gasteiger partial charge in [-0.05, 0) is 109 Å². The third-order valence-electron chi connectivity index (χ3n) is 13.1. The highest BCUT2D eigenvalue weighted by atomic mass is 16.3. The third kappa shape index (κ3) is 2.78. The van der Waals surface area contributed by atoms with Crippen molar-refractivity contribution in [3.63, 3.8) is 0 Å². The van der Waals surface area contributed by atoms with Crippen LogP contribution in [0.5, 0.6) is 0 Å². The van der Waals surface area contributed by atoms with Gasteiger partial charge in [0.15, 0.2) is 0 Å². The molecule has 0 spiro atoms. The molecule has 5 aliphatic carbocycles. The number of hydrogen-bond donors (Lipinski definition) is 2. The van der Waals surface area contributed by atoms with E-state index in [4.69, 9.17) is 0 Å². The highest BCUT2D eigenvalue weighted by Crippen LogP contribution is 2.75. The van der Waals surface area contributed by atoms with Gasteiger partial charge in [0, 0.05) is 12.0 Å². The maximum atomic E-state index is 10.9. The molecule has 32 heavy (non-hydrogen) atoms. The Kier molecular flexibility index (Phi) is 5.02. The first-order valence-corrected chi connectivity index (χ1v) is 13.8. The monoisotopic (exact) mass is 442 g/mol.